The lowest BCUT2D eigenvalue weighted by Crippen LogP contribution is -2.31. The van der Waals surface area contributed by atoms with Crippen molar-refractivity contribution in [3.05, 3.63) is 11.1 Å². The molecule has 0 aromatic heterocycles. The topological polar surface area (TPSA) is 0 Å². The maximum absolute atomic E-state index is 13.9. The van der Waals surface area contributed by atoms with Crippen LogP contribution in [0.15, 0.2) is 11.1 Å². The second-order valence-corrected chi connectivity index (χ2v) is 4.38. The lowest BCUT2D eigenvalue weighted by atomic mass is 9.83. The third-order valence-electron chi connectivity index (χ3n) is 3.50. The number of alkyl halides is 2. The second-order valence-electron chi connectivity index (χ2n) is 4.38. The minimum atomic E-state index is -2.57. The number of allylic oxidation sites excluding steroid dienone is 2. The first-order valence-corrected chi connectivity index (χ1v) is 5.54. The van der Waals surface area contributed by atoms with Crippen molar-refractivity contribution in [1.29, 1.82) is 0 Å². The fraction of sp³-hybridized carbons (Fsp3) is 0.833. The molecular formula is C12H20F2. The van der Waals surface area contributed by atoms with Crippen LogP contribution in [0.4, 0.5) is 8.78 Å². The van der Waals surface area contributed by atoms with Gasteiger partial charge in [-0.15, -0.1) is 0 Å². The maximum atomic E-state index is 13.9. The molecule has 0 heterocycles. The molecule has 2 heteroatoms. The van der Waals surface area contributed by atoms with Crippen molar-refractivity contribution in [2.75, 3.05) is 0 Å². The van der Waals surface area contributed by atoms with Gasteiger partial charge in [0.1, 0.15) is 0 Å². The van der Waals surface area contributed by atoms with Crippen LogP contribution < -0.4 is 0 Å². The Bertz CT molecular complexity index is 228. The van der Waals surface area contributed by atoms with Crippen LogP contribution >= 0.6 is 0 Å². The van der Waals surface area contributed by atoms with Crippen LogP contribution in [-0.4, -0.2) is 5.92 Å². The van der Waals surface area contributed by atoms with Gasteiger partial charge >= 0.3 is 0 Å². The molecule has 0 fully saturated rings. The summed E-state index contributed by atoms with van der Waals surface area (Å²) in [6.07, 6.45) is 4.11. The third-order valence-corrected chi connectivity index (χ3v) is 3.50. The number of hydrogen-bond donors (Lipinski definition) is 0. The van der Waals surface area contributed by atoms with Gasteiger partial charge in [0, 0.05) is 5.92 Å². The number of hydrogen-bond acceptors (Lipinski definition) is 0. The zero-order valence-electron chi connectivity index (χ0n) is 9.37. The molecule has 1 aliphatic carbocycles. The van der Waals surface area contributed by atoms with Gasteiger partial charge in [-0.2, -0.15) is 0 Å². The quantitative estimate of drug-likeness (QED) is 0.547. The third kappa shape index (κ3) is 2.15. The predicted octanol–water partition coefficient (Wildman–Crippen LogP) is 4.56. The van der Waals surface area contributed by atoms with E-state index in [1.54, 1.807) is 6.92 Å². The highest BCUT2D eigenvalue weighted by atomic mass is 19.3. The Labute approximate surface area is 85.4 Å². The van der Waals surface area contributed by atoms with E-state index in [1.165, 1.54) is 0 Å². The summed E-state index contributed by atoms with van der Waals surface area (Å²) >= 11 is 0. The first kappa shape index (κ1) is 11.7. The van der Waals surface area contributed by atoms with E-state index in [0.717, 1.165) is 24.8 Å². The molecule has 14 heavy (non-hydrogen) atoms. The first-order chi connectivity index (χ1) is 6.50. The Morgan fingerprint density at radius 1 is 1.29 bits per heavy atom. The van der Waals surface area contributed by atoms with Crippen LogP contribution in [0.5, 0.6) is 0 Å². The van der Waals surface area contributed by atoms with Crippen LogP contribution in [0.3, 0.4) is 0 Å². The minimum Gasteiger partial charge on any atom is -0.201 e. The molecule has 0 N–H and O–H groups in total. The van der Waals surface area contributed by atoms with Gasteiger partial charge in [0.25, 0.3) is 5.92 Å². The van der Waals surface area contributed by atoms with Crippen molar-refractivity contribution in [2.24, 2.45) is 5.92 Å². The second kappa shape index (κ2) is 4.41. The van der Waals surface area contributed by atoms with Crippen LogP contribution in [0.1, 0.15) is 52.9 Å². The number of halogens is 2. The predicted molar refractivity (Wildman–Crippen MR) is 55.6 cm³/mol. The summed E-state index contributed by atoms with van der Waals surface area (Å²) in [5.41, 5.74) is 1.22. The van der Waals surface area contributed by atoms with E-state index < -0.39 is 11.8 Å². The normalized spacial score (nSPS) is 33.6. The summed E-state index contributed by atoms with van der Waals surface area (Å²) in [6.45, 7) is 5.31. The standard InChI is InChI=1S/C12H20F2/c1-4-11-8-6-5-7-9(2)10(3)12(11,13)14/h11H,4-8H2,1-3H3/b10-9-. The summed E-state index contributed by atoms with van der Waals surface area (Å²) in [4.78, 5) is 0. The molecule has 0 aromatic carbocycles. The van der Waals surface area contributed by atoms with Gasteiger partial charge in [0.05, 0.1) is 0 Å². The highest BCUT2D eigenvalue weighted by molar-refractivity contribution is 5.19. The van der Waals surface area contributed by atoms with Crippen LogP contribution in [0.25, 0.3) is 0 Å². The molecule has 82 valence electrons. The highest BCUT2D eigenvalue weighted by Gasteiger charge is 2.40. The van der Waals surface area contributed by atoms with Gasteiger partial charge in [0.2, 0.25) is 0 Å². The van der Waals surface area contributed by atoms with E-state index >= 15 is 0 Å². The van der Waals surface area contributed by atoms with E-state index in [9.17, 15) is 8.78 Å². The van der Waals surface area contributed by atoms with Crippen molar-refractivity contribution < 1.29 is 8.78 Å². The van der Waals surface area contributed by atoms with E-state index in [1.807, 2.05) is 13.8 Å². The van der Waals surface area contributed by atoms with Gasteiger partial charge in [-0.1, -0.05) is 18.9 Å². The van der Waals surface area contributed by atoms with E-state index in [4.69, 9.17) is 0 Å². The Morgan fingerprint density at radius 2 is 1.93 bits per heavy atom. The van der Waals surface area contributed by atoms with E-state index in [-0.39, 0.29) is 0 Å². The summed E-state index contributed by atoms with van der Waals surface area (Å²) in [7, 11) is 0. The molecular weight excluding hydrogens is 182 g/mol. The number of rotatable bonds is 1. The van der Waals surface area contributed by atoms with Crippen molar-refractivity contribution >= 4 is 0 Å². The average molecular weight is 202 g/mol. The van der Waals surface area contributed by atoms with E-state index in [0.29, 0.717) is 18.4 Å². The average Bonchev–Trinajstić information content (AvgIpc) is 2.14. The molecule has 0 saturated heterocycles. The molecule has 0 radical (unpaired) electrons. The SMILES string of the molecule is CCC1CCCC/C(C)=C(/C)C1(F)F. The van der Waals surface area contributed by atoms with Crippen molar-refractivity contribution in [3.8, 4) is 0 Å². The van der Waals surface area contributed by atoms with Crippen LogP contribution in [0.2, 0.25) is 0 Å². The fourth-order valence-corrected chi connectivity index (χ4v) is 2.20. The van der Waals surface area contributed by atoms with Crippen molar-refractivity contribution in [1.82, 2.24) is 0 Å². The van der Waals surface area contributed by atoms with Gasteiger partial charge < -0.3 is 0 Å². The smallest absolute Gasteiger partial charge is 0.201 e. The first-order valence-electron chi connectivity index (χ1n) is 5.54. The van der Waals surface area contributed by atoms with Gasteiger partial charge in [-0.05, 0) is 45.1 Å². The van der Waals surface area contributed by atoms with Crippen LogP contribution in [-0.2, 0) is 0 Å². The Balaban J connectivity index is 2.98. The molecule has 0 spiro atoms. The lowest BCUT2D eigenvalue weighted by Gasteiger charge is -2.30. The molecule has 1 rings (SSSR count). The molecule has 1 atom stereocenters. The summed E-state index contributed by atoms with van der Waals surface area (Å²) < 4.78 is 27.8. The molecule has 0 nitrogen and oxygen atoms in total. The Morgan fingerprint density at radius 3 is 2.50 bits per heavy atom. The molecule has 0 saturated carbocycles. The zero-order valence-corrected chi connectivity index (χ0v) is 9.37. The van der Waals surface area contributed by atoms with Gasteiger partial charge in [-0.25, -0.2) is 8.78 Å². The van der Waals surface area contributed by atoms with Gasteiger partial charge in [0.15, 0.2) is 0 Å². The largest absolute Gasteiger partial charge is 0.272 e. The molecule has 0 bridgehead atoms. The molecule has 0 aliphatic heterocycles. The molecule has 0 amide bonds. The summed E-state index contributed by atoms with van der Waals surface area (Å²) in [5.74, 6) is -3.02. The zero-order chi connectivity index (χ0) is 10.8. The van der Waals surface area contributed by atoms with Gasteiger partial charge in [-0.3, -0.25) is 0 Å². The molecule has 1 unspecified atom stereocenters. The van der Waals surface area contributed by atoms with E-state index in [2.05, 4.69) is 0 Å². The monoisotopic (exact) mass is 202 g/mol. The molecule has 1 aliphatic rings. The highest BCUT2D eigenvalue weighted by Crippen LogP contribution is 2.41. The fourth-order valence-electron chi connectivity index (χ4n) is 2.20. The lowest BCUT2D eigenvalue weighted by molar-refractivity contribution is -0.0295. The van der Waals surface area contributed by atoms with Crippen molar-refractivity contribution in [3.63, 3.8) is 0 Å². The van der Waals surface area contributed by atoms with Crippen LogP contribution in [0, 0.1) is 5.92 Å². The Hall–Kier alpha value is -0.400. The van der Waals surface area contributed by atoms with Crippen molar-refractivity contribution in [2.45, 2.75) is 58.8 Å². The summed E-state index contributed by atoms with van der Waals surface area (Å²) in [5, 5.41) is 0. The molecule has 0 aromatic rings. The maximum Gasteiger partial charge on any atom is 0.272 e. The Kier molecular flexibility index (Phi) is 3.68. The summed E-state index contributed by atoms with van der Waals surface area (Å²) in [6, 6.07) is 0. The minimum absolute atomic E-state index is 0.323.